The van der Waals surface area contributed by atoms with Crippen molar-refractivity contribution in [2.75, 3.05) is 6.79 Å². The molecule has 13 heavy (non-hydrogen) atoms. The molecule has 2 fully saturated rings. The lowest BCUT2D eigenvalue weighted by Crippen LogP contribution is -2.50. The third-order valence-electron chi connectivity index (χ3n) is 4.04. The minimum atomic E-state index is 0.330. The Morgan fingerprint density at radius 1 is 0.923 bits per heavy atom. The maximum absolute atomic E-state index is 5.62. The van der Waals surface area contributed by atoms with Gasteiger partial charge in [-0.25, -0.2) is 0 Å². The second-order valence-corrected chi connectivity index (χ2v) is 4.53. The van der Waals surface area contributed by atoms with Gasteiger partial charge in [-0.15, -0.1) is 0 Å². The third-order valence-corrected chi connectivity index (χ3v) is 4.04. The normalized spacial score (nSPS) is 39.2. The van der Waals surface area contributed by atoms with E-state index in [1.54, 1.807) is 0 Å². The Bertz CT molecular complexity index is 161. The van der Waals surface area contributed by atoms with E-state index >= 15 is 0 Å². The van der Waals surface area contributed by atoms with Gasteiger partial charge in [-0.2, -0.15) is 0 Å². The predicted molar refractivity (Wildman–Crippen MR) is 51.5 cm³/mol. The van der Waals surface area contributed by atoms with E-state index in [-0.39, 0.29) is 0 Å². The van der Waals surface area contributed by atoms with Crippen LogP contribution in [0.3, 0.4) is 0 Å². The van der Waals surface area contributed by atoms with Crippen molar-refractivity contribution in [2.45, 2.75) is 58.2 Å². The van der Waals surface area contributed by atoms with E-state index in [1.165, 1.54) is 32.1 Å². The highest BCUT2D eigenvalue weighted by Gasteiger charge is 2.45. The van der Waals surface area contributed by atoms with Crippen LogP contribution in [0.4, 0.5) is 0 Å². The minimum Gasteiger partial charge on any atom is -0.352 e. The Morgan fingerprint density at radius 2 is 1.46 bits per heavy atom. The molecule has 0 aromatic carbocycles. The lowest BCUT2D eigenvalue weighted by atomic mass is 9.67. The Morgan fingerprint density at radius 3 is 2.00 bits per heavy atom. The van der Waals surface area contributed by atoms with E-state index in [0.717, 1.165) is 0 Å². The van der Waals surface area contributed by atoms with Crippen LogP contribution in [-0.4, -0.2) is 19.0 Å². The molecule has 1 aliphatic carbocycles. The van der Waals surface area contributed by atoms with Gasteiger partial charge in [0.05, 0.1) is 12.2 Å². The summed E-state index contributed by atoms with van der Waals surface area (Å²) in [5.41, 5.74) is 0.330. The van der Waals surface area contributed by atoms with Crippen molar-refractivity contribution in [2.24, 2.45) is 5.41 Å². The molecule has 2 rings (SSSR count). The van der Waals surface area contributed by atoms with Gasteiger partial charge in [-0.1, -0.05) is 19.3 Å². The van der Waals surface area contributed by atoms with Crippen LogP contribution >= 0.6 is 0 Å². The molecular formula is C11H20O2. The van der Waals surface area contributed by atoms with E-state index in [2.05, 4.69) is 13.8 Å². The summed E-state index contributed by atoms with van der Waals surface area (Å²) in [6.07, 6.45) is 7.43. The first-order chi connectivity index (χ1) is 6.26. The van der Waals surface area contributed by atoms with Crippen LogP contribution in [0.25, 0.3) is 0 Å². The number of hydrogen-bond donors (Lipinski definition) is 0. The second-order valence-electron chi connectivity index (χ2n) is 4.53. The monoisotopic (exact) mass is 184 g/mol. The van der Waals surface area contributed by atoms with Gasteiger partial charge in [-0.3, -0.25) is 0 Å². The van der Waals surface area contributed by atoms with Gasteiger partial charge >= 0.3 is 0 Å². The standard InChI is InChI=1S/C11H20O2/c1-9-11(6-4-3-5-7-11)10(2)13-8-12-9/h9-10H,3-8H2,1-2H3. The summed E-state index contributed by atoms with van der Waals surface area (Å²) in [5.74, 6) is 0. The molecule has 0 radical (unpaired) electrons. The molecule has 0 aromatic rings. The summed E-state index contributed by atoms with van der Waals surface area (Å²) in [6, 6.07) is 0. The highest BCUT2D eigenvalue weighted by atomic mass is 16.7. The molecule has 2 heteroatoms. The second kappa shape index (κ2) is 3.58. The highest BCUT2D eigenvalue weighted by Crippen LogP contribution is 2.46. The molecule has 2 nitrogen and oxygen atoms in total. The molecule has 1 saturated carbocycles. The van der Waals surface area contributed by atoms with Crippen LogP contribution in [0.1, 0.15) is 46.0 Å². The molecule has 0 N–H and O–H groups in total. The molecule has 2 unspecified atom stereocenters. The summed E-state index contributed by atoms with van der Waals surface area (Å²) in [6.45, 7) is 4.92. The molecule has 76 valence electrons. The first-order valence-corrected chi connectivity index (χ1v) is 5.49. The van der Waals surface area contributed by atoms with Gasteiger partial charge in [0.15, 0.2) is 0 Å². The smallest absolute Gasteiger partial charge is 0.147 e. The first kappa shape index (κ1) is 9.47. The van der Waals surface area contributed by atoms with Crippen molar-refractivity contribution in [1.82, 2.24) is 0 Å². The number of hydrogen-bond acceptors (Lipinski definition) is 2. The van der Waals surface area contributed by atoms with Gasteiger partial charge in [-0.05, 0) is 26.7 Å². The van der Waals surface area contributed by atoms with Crippen LogP contribution in [0.2, 0.25) is 0 Å². The Hall–Kier alpha value is -0.0800. The minimum absolute atomic E-state index is 0.330. The van der Waals surface area contributed by atoms with Gasteiger partial charge in [0, 0.05) is 5.41 Å². The molecule has 1 saturated heterocycles. The average Bonchev–Trinajstić information content (AvgIpc) is 2.16. The Balaban J connectivity index is 2.13. The van der Waals surface area contributed by atoms with E-state index in [9.17, 15) is 0 Å². The summed E-state index contributed by atoms with van der Waals surface area (Å²) in [7, 11) is 0. The van der Waals surface area contributed by atoms with Gasteiger partial charge in [0.1, 0.15) is 6.79 Å². The zero-order valence-corrected chi connectivity index (χ0v) is 8.71. The SMILES string of the molecule is CC1OCOC(C)C12CCCCC2. The molecular weight excluding hydrogens is 164 g/mol. The zero-order valence-electron chi connectivity index (χ0n) is 8.71. The average molecular weight is 184 g/mol. The van der Waals surface area contributed by atoms with Crippen molar-refractivity contribution in [3.8, 4) is 0 Å². The van der Waals surface area contributed by atoms with Crippen molar-refractivity contribution in [3.05, 3.63) is 0 Å². The van der Waals surface area contributed by atoms with Crippen molar-refractivity contribution in [1.29, 1.82) is 0 Å². The summed E-state index contributed by atoms with van der Waals surface area (Å²) in [4.78, 5) is 0. The largest absolute Gasteiger partial charge is 0.352 e. The fraction of sp³-hybridized carbons (Fsp3) is 1.00. The summed E-state index contributed by atoms with van der Waals surface area (Å²) < 4.78 is 11.2. The van der Waals surface area contributed by atoms with Gasteiger partial charge < -0.3 is 9.47 Å². The molecule has 1 spiro atoms. The molecule has 2 aliphatic rings. The molecule has 1 aliphatic heterocycles. The topological polar surface area (TPSA) is 18.5 Å². The van der Waals surface area contributed by atoms with Crippen molar-refractivity contribution < 1.29 is 9.47 Å². The maximum Gasteiger partial charge on any atom is 0.147 e. The highest BCUT2D eigenvalue weighted by molar-refractivity contribution is 4.94. The quantitative estimate of drug-likeness (QED) is 0.576. The first-order valence-electron chi connectivity index (χ1n) is 5.49. The van der Waals surface area contributed by atoms with Crippen molar-refractivity contribution in [3.63, 3.8) is 0 Å². The summed E-state index contributed by atoms with van der Waals surface area (Å²) in [5, 5.41) is 0. The fourth-order valence-corrected chi connectivity index (χ4v) is 2.93. The lowest BCUT2D eigenvalue weighted by molar-refractivity contribution is -0.247. The maximum atomic E-state index is 5.62. The van der Waals surface area contributed by atoms with Crippen molar-refractivity contribution >= 4 is 0 Å². The molecule has 2 atom stereocenters. The Kier molecular flexibility index (Phi) is 2.61. The lowest BCUT2D eigenvalue weighted by Gasteiger charge is -2.48. The number of ether oxygens (including phenoxy) is 2. The van der Waals surface area contributed by atoms with Crippen LogP contribution in [-0.2, 0) is 9.47 Å². The van der Waals surface area contributed by atoms with Crippen LogP contribution < -0.4 is 0 Å². The molecule has 1 heterocycles. The van der Waals surface area contributed by atoms with Crippen LogP contribution in [0, 0.1) is 5.41 Å². The van der Waals surface area contributed by atoms with Gasteiger partial charge in [0.25, 0.3) is 0 Å². The zero-order chi connectivity index (χ0) is 9.31. The van der Waals surface area contributed by atoms with E-state index in [4.69, 9.17) is 9.47 Å². The third kappa shape index (κ3) is 1.50. The predicted octanol–water partition coefficient (Wildman–Crippen LogP) is 2.72. The van der Waals surface area contributed by atoms with E-state index < -0.39 is 0 Å². The summed E-state index contributed by atoms with van der Waals surface area (Å²) >= 11 is 0. The molecule has 0 amide bonds. The van der Waals surface area contributed by atoms with E-state index in [0.29, 0.717) is 24.4 Å². The number of rotatable bonds is 0. The van der Waals surface area contributed by atoms with E-state index in [1.807, 2.05) is 0 Å². The fourth-order valence-electron chi connectivity index (χ4n) is 2.93. The van der Waals surface area contributed by atoms with Crippen LogP contribution in [0.5, 0.6) is 0 Å². The Labute approximate surface area is 80.6 Å². The van der Waals surface area contributed by atoms with Gasteiger partial charge in [0.2, 0.25) is 0 Å². The molecule has 0 bridgehead atoms. The molecule has 0 aromatic heterocycles. The van der Waals surface area contributed by atoms with Crippen LogP contribution in [0.15, 0.2) is 0 Å².